The van der Waals surface area contributed by atoms with E-state index in [1.165, 1.54) is 0 Å². The third-order valence-electron chi connectivity index (χ3n) is 2.62. The molecule has 0 atom stereocenters. The molecular formula is C14H19N3OS. The minimum absolute atomic E-state index is 0.112. The number of hydrogen-bond donors (Lipinski definition) is 1. The number of rotatable bonds is 3. The molecule has 0 unspecified atom stereocenters. The van der Waals surface area contributed by atoms with E-state index < -0.39 is 0 Å². The Morgan fingerprint density at radius 2 is 2.00 bits per heavy atom. The molecule has 2 aromatic rings. The molecule has 4 nitrogen and oxygen atoms in total. The van der Waals surface area contributed by atoms with Crippen LogP contribution >= 0.6 is 11.8 Å². The van der Waals surface area contributed by atoms with E-state index >= 15 is 0 Å². The number of thioether (sulfide) groups is 1. The van der Waals surface area contributed by atoms with Crippen LogP contribution in [0.5, 0.6) is 0 Å². The molecule has 0 radical (unpaired) electrons. The standard InChI is InChI=1S/C14H19N3OS/c1-9-5-6-11(10(15)7-9)19-8-12-16-17-13(18-12)14(2,3)4/h5-7H,8,15H2,1-4H3. The summed E-state index contributed by atoms with van der Waals surface area (Å²) in [6.45, 7) is 8.18. The molecule has 19 heavy (non-hydrogen) atoms. The number of aryl methyl sites for hydroxylation is 1. The van der Waals surface area contributed by atoms with Gasteiger partial charge in [0.25, 0.3) is 0 Å². The van der Waals surface area contributed by atoms with Crippen LogP contribution in [0.1, 0.15) is 38.1 Å². The SMILES string of the molecule is Cc1ccc(SCc2nnc(C(C)(C)C)o2)c(N)c1. The van der Waals surface area contributed by atoms with Crippen molar-refractivity contribution in [1.29, 1.82) is 0 Å². The Labute approximate surface area is 117 Å². The van der Waals surface area contributed by atoms with Crippen LogP contribution in [-0.2, 0) is 11.2 Å². The molecule has 0 saturated heterocycles. The van der Waals surface area contributed by atoms with Crippen LogP contribution in [0.4, 0.5) is 5.69 Å². The van der Waals surface area contributed by atoms with Crippen molar-refractivity contribution in [2.45, 2.75) is 43.8 Å². The highest BCUT2D eigenvalue weighted by atomic mass is 32.2. The van der Waals surface area contributed by atoms with Gasteiger partial charge in [0.2, 0.25) is 11.8 Å². The summed E-state index contributed by atoms with van der Waals surface area (Å²) in [4.78, 5) is 1.04. The molecule has 0 aliphatic rings. The normalized spacial score (nSPS) is 11.8. The maximum absolute atomic E-state index is 5.97. The molecule has 0 fully saturated rings. The lowest BCUT2D eigenvalue weighted by molar-refractivity contribution is 0.378. The van der Waals surface area contributed by atoms with E-state index in [9.17, 15) is 0 Å². The number of nitrogens with zero attached hydrogens (tertiary/aromatic N) is 2. The summed E-state index contributed by atoms with van der Waals surface area (Å²) in [5.74, 6) is 1.94. The van der Waals surface area contributed by atoms with Crippen LogP contribution in [0.15, 0.2) is 27.5 Å². The number of benzene rings is 1. The Bertz CT molecular complexity index is 572. The van der Waals surface area contributed by atoms with Crippen LogP contribution in [0.25, 0.3) is 0 Å². The van der Waals surface area contributed by atoms with Gasteiger partial charge in [-0.05, 0) is 24.6 Å². The molecule has 2 N–H and O–H groups in total. The lowest BCUT2D eigenvalue weighted by Gasteiger charge is -2.11. The first kappa shape index (κ1) is 13.9. The molecule has 1 heterocycles. The summed E-state index contributed by atoms with van der Waals surface area (Å²) in [5, 5.41) is 8.14. The summed E-state index contributed by atoms with van der Waals surface area (Å²) in [6, 6.07) is 6.04. The number of nitrogens with two attached hydrogens (primary N) is 1. The van der Waals surface area contributed by atoms with Crippen molar-refractivity contribution in [2.24, 2.45) is 0 Å². The molecule has 2 rings (SSSR count). The molecule has 0 aliphatic heterocycles. The minimum atomic E-state index is -0.112. The van der Waals surface area contributed by atoms with Gasteiger partial charge in [0, 0.05) is 16.0 Å². The highest BCUT2D eigenvalue weighted by Crippen LogP contribution is 2.29. The van der Waals surface area contributed by atoms with Gasteiger partial charge in [0.05, 0.1) is 5.75 Å². The predicted octanol–water partition coefficient (Wildman–Crippen LogP) is 3.55. The molecule has 0 amide bonds. The van der Waals surface area contributed by atoms with E-state index in [-0.39, 0.29) is 5.41 Å². The zero-order valence-electron chi connectivity index (χ0n) is 11.7. The van der Waals surface area contributed by atoms with Gasteiger partial charge in [0.15, 0.2) is 0 Å². The highest BCUT2D eigenvalue weighted by molar-refractivity contribution is 7.98. The predicted molar refractivity (Wildman–Crippen MR) is 78.2 cm³/mol. The second kappa shape index (κ2) is 5.25. The fourth-order valence-corrected chi connectivity index (χ4v) is 2.34. The Kier molecular flexibility index (Phi) is 3.85. The van der Waals surface area contributed by atoms with Crippen LogP contribution < -0.4 is 5.73 Å². The molecule has 5 heteroatoms. The van der Waals surface area contributed by atoms with Crippen molar-refractivity contribution in [3.63, 3.8) is 0 Å². The van der Waals surface area contributed by atoms with E-state index in [0.29, 0.717) is 17.5 Å². The second-order valence-electron chi connectivity index (χ2n) is 5.58. The first-order valence-corrected chi connectivity index (χ1v) is 7.16. The fourth-order valence-electron chi connectivity index (χ4n) is 1.55. The van der Waals surface area contributed by atoms with Gasteiger partial charge in [-0.3, -0.25) is 0 Å². The van der Waals surface area contributed by atoms with Crippen molar-refractivity contribution >= 4 is 17.4 Å². The fraction of sp³-hybridized carbons (Fsp3) is 0.429. The Balaban J connectivity index is 2.04. The average Bonchev–Trinajstić information content (AvgIpc) is 2.76. The zero-order chi connectivity index (χ0) is 14.0. The molecule has 1 aromatic heterocycles. The van der Waals surface area contributed by atoms with Gasteiger partial charge in [-0.1, -0.05) is 26.8 Å². The van der Waals surface area contributed by atoms with Gasteiger partial charge in [0.1, 0.15) is 0 Å². The van der Waals surface area contributed by atoms with E-state index in [1.54, 1.807) is 11.8 Å². The molecule has 0 bridgehead atoms. The van der Waals surface area contributed by atoms with Gasteiger partial charge < -0.3 is 10.2 Å². The van der Waals surface area contributed by atoms with E-state index in [2.05, 4.69) is 31.0 Å². The zero-order valence-corrected chi connectivity index (χ0v) is 12.5. The van der Waals surface area contributed by atoms with E-state index in [4.69, 9.17) is 10.2 Å². The minimum Gasteiger partial charge on any atom is -0.424 e. The van der Waals surface area contributed by atoms with Crippen molar-refractivity contribution in [3.8, 4) is 0 Å². The monoisotopic (exact) mass is 277 g/mol. The first-order valence-electron chi connectivity index (χ1n) is 6.18. The lowest BCUT2D eigenvalue weighted by Crippen LogP contribution is -2.11. The molecule has 0 spiro atoms. The van der Waals surface area contributed by atoms with Gasteiger partial charge >= 0.3 is 0 Å². The first-order chi connectivity index (χ1) is 8.86. The highest BCUT2D eigenvalue weighted by Gasteiger charge is 2.21. The summed E-state index contributed by atoms with van der Waals surface area (Å²) in [5.41, 5.74) is 7.81. The largest absolute Gasteiger partial charge is 0.424 e. The van der Waals surface area contributed by atoms with E-state index in [1.807, 2.05) is 25.1 Å². The summed E-state index contributed by atoms with van der Waals surface area (Å²) >= 11 is 1.61. The number of anilines is 1. The van der Waals surface area contributed by atoms with Crippen LogP contribution in [0.3, 0.4) is 0 Å². The molecule has 0 aliphatic carbocycles. The Morgan fingerprint density at radius 3 is 2.58 bits per heavy atom. The second-order valence-corrected chi connectivity index (χ2v) is 6.60. The molecule has 102 valence electrons. The van der Waals surface area contributed by atoms with Crippen molar-refractivity contribution in [2.75, 3.05) is 5.73 Å². The third-order valence-corrected chi connectivity index (χ3v) is 3.70. The summed E-state index contributed by atoms with van der Waals surface area (Å²) < 4.78 is 5.65. The topological polar surface area (TPSA) is 64.9 Å². The Hall–Kier alpha value is -1.49. The van der Waals surface area contributed by atoms with E-state index in [0.717, 1.165) is 16.1 Å². The maximum Gasteiger partial charge on any atom is 0.226 e. The molecule has 0 saturated carbocycles. The molecule has 1 aromatic carbocycles. The van der Waals surface area contributed by atoms with Gasteiger partial charge in [-0.2, -0.15) is 0 Å². The average molecular weight is 277 g/mol. The Morgan fingerprint density at radius 1 is 1.26 bits per heavy atom. The maximum atomic E-state index is 5.97. The molecular weight excluding hydrogens is 258 g/mol. The smallest absolute Gasteiger partial charge is 0.226 e. The summed E-state index contributed by atoms with van der Waals surface area (Å²) in [7, 11) is 0. The van der Waals surface area contributed by atoms with Gasteiger partial charge in [-0.25, -0.2) is 0 Å². The quantitative estimate of drug-likeness (QED) is 0.686. The lowest BCUT2D eigenvalue weighted by atomic mass is 9.97. The van der Waals surface area contributed by atoms with Crippen molar-refractivity contribution < 1.29 is 4.42 Å². The summed E-state index contributed by atoms with van der Waals surface area (Å²) in [6.07, 6.45) is 0. The number of aromatic nitrogens is 2. The third kappa shape index (κ3) is 3.50. The van der Waals surface area contributed by atoms with Crippen LogP contribution in [0, 0.1) is 6.92 Å². The van der Waals surface area contributed by atoms with Gasteiger partial charge in [-0.15, -0.1) is 22.0 Å². The van der Waals surface area contributed by atoms with Crippen LogP contribution in [0.2, 0.25) is 0 Å². The number of nitrogen functional groups attached to an aromatic ring is 1. The van der Waals surface area contributed by atoms with Crippen LogP contribution in [-0.4, -0.2) is 10.2 Å². The van der Waals surface area contributed by atoms with Crippen molar-refractivity contribution in [3.05, 3.63) is 35.5 Å². The van der Waals surface area contributed by atoms with Crippen molar-refractivity contribution in [1.82, 2.24) is 10.2 Å². The number of hydrogen-bond acceptors (Lipinski definition) is 5.